The molecule has 2 aliphatic rings. The van der Waals surface area contributed by atoms with Crippen LogP contribution >= 0.6 is 0 Å². The zero-order valence-corrected chi connectivity index (χ0v) is 24.0. The molecule has 0 bridgehead atoms. The molecule has 11 heteroatoms. The van der Waals surface area contributed by atoms with Crippen LogP contribution in [0.3, 0.4) is 0 Å². The number of aromatic nitrogens is 2. The fourth-order valence-corrected chi connectivity index (χ4v) is 5.48. The van der Waals surface area contributed by atoms with E-state index in [9.17, 15) is 14.4 Å². The van der Waals surface area contributed by atoms with Crippen molar-refractivity contribution in [3.63, 3.8) is 0 Å². The molecule has 1 aliphatic carbocycles. The highest BCUT2D eigenvalue weighted by atomic mass is 16.2. The number of benzene rings is 1. The molecule has 0 radical (unpaired) electrons. The van der Waals surface area contributed by atoms with E-state index in [1.165, 1.54) is 10.1 Å². The number of rotatable bonds is 8. The first-order chi connectivity index (χ1) is 19.0. The SMILES string of the molecule is CCN(Cc1ccc(-n2ccc(NC(=O)N3CCN(C(=O)CC(C)(C)N)CC3)nc2=O)cc1)[C@H]1CC[C@H](N)CC1. The van der Waals surface area contributed by atoms with Crippen molar-refractivity contribution >= 4 is 17.8 Å². The Morgan fingerprint density at radius 3 is 2.23 bits per heavy atom. The van der Waals surface area contributed by atoms with Crippen LogP contribution in [0, 0.1) is 0 Å². The number of hydrogen-bond donors (Lipinski definition) is 3. The van der Waals surface area contributed by atoms with Crippen LogP contribution in [-0.2, 0) is 11.3 Å². The van der Waals surface area contributed by atoms with Gasteiger partial charge < -0.3 is 21.3 Å². The second kappa shape index (κ2) is 12.9. The molecule has 5 N–H and O–H groups in total. The molecule has 1 aliphatic heterocycles. The van der Waals surface area contributed by atoms with Crippen molar-refractivity contribution in [2.75, 3.05) is 38.0 Å². The average Bonchev–Trinajstić information content (AvgIpc) is 2.92. The first kappa shape index (κ1) is 29.7. The van der Waals surface area contributed by atoms with Crippen molar-refractivity contribution in [3.05, 3.63) is 52.6 Å². The van der Waals surface area contributed by atoms with E-state index in [1.54, 1.807) is 22.1 Å². The molecule has 0 atom stereocenters. The molecule has 2 aromatic rings. The minimum Gasteiger partial charge on any atom is -0.339 e. The fraction of sp³-hybridized carbons (Fsp3) is 0.586. The Balaban J connectivity index is 1.31. The molecule has 1 saturated heterocycles. The molecule has 0 unspecified atom stereocenters. The van der Waals surface area contributed by atoms with Gasteiger partial charge in [-0.05, 0) is 69.8 Å². The Morgan fingerprint density at radius 1 is 1.02 bits per heavy atom. The maximum absolute atomic E-state index is 12.8. The number of amides is 3. The van der Waals surface area contributed by atoms with Gasteiger partial charge in [0.2, 0.25) is 5.91 Å². The van der Waals surface area contributed by atoms with E-state index in [2.05, 4.69) is 22.1 Å². The summed E-state index contributed by atoms with van der Waals surface area (Å²) in [6, 6.07) is 10.1. The highest BCUT2D eigenvalue weighted by Gasteiger charge is 2.27. The van der Waals surface area contributed by atoms with E-state index < -0.39 is 11.2 Å². The molecule has 1 aromatic heterocycles. The van der Waals surface area contributed by atoms with E-state index in [4.69, 9.17) is 11.5 Å². The molecule has 2 heterocycles. The molecule has 11 nitrogen and oxygen atoms in total. The van der Waals surface area contributed by atoms with Crippen LogP contribution in [0.4, 0.5) is 10.6 Å². The normalized spacial score (nSPS) is 20.1. The van der Waals surface area contributed by atoms with E-state index in [-0.39, 0.29) is 24.2 Å². The van der Waals surface area contributed by atoms with Crippen molar-refractivity contribution in [1.82, 2.24) is 24.3 Å². The molecule has 2 fully saturated rings. The van der Waals surface area contributed by atoms with Crippen molar-refractivity contribution in [2.24, 2.45) is 11.5 Å². The van der Waals surface area contributed by atoms with Gasteiger partial charge in [-0.2, -0.15) is 4.98 Å². The zero-order valence-electron chi connectivity index (χ0n) is 24.0. The van der Waals surface area contributed by atoms with Crippen molar-refractivity contribution in [2.45, 2.75) is 77.0 Å². The zero-order chi connectivity index (χ0) is 28.9. The lowest BCUT2D eigenvalue weighted by atomic mass is 9.90. The average molecular weight is 553 g/mol. The summed E-state index contributed by atoms with van der Waals surface area (Å²) in [7, 11) is 0. The van der Waals surface area contributed by atoms with Crippen molar-refractivity contribution in [3.8, 4) is 5.69 Å². The predicted molar refractivity (Wildman–Crippen MR) is 156 cm³/mol. The van der Waals surface area contributed by atoms with Crippen molar-refractivity contribution < 1.29 is 9.59 Å². The molecule has 3 amide bonds. The first-order valence-electron chi connectivity index (χ1n) is 14.3. The topological polar surface area (TPSA) is 143 Å². The minimum absolute atomic E-state index is 0.0111. The van der Waals surface area contributed by atoms with Gasteiger partial charge in [-0.25, -0.2) is 9.59 Å². The maximum Gasteiger partial charge on any atom is 0.354 e. The lowest BCUT2D eigenvalue weighted by Crippen LogP contribution is -2.53. The number of nitrogens with one attached hydrogen (secondary N) is 1. The second-order valence-corrected chi connectivity index (χ2v) is 11.7. The number of hydrogen-bond acceptors (Lipinski definition) is 7. The molecular formula is C29H44N8O3. The van der Waals surface area contributed by atoms with Crippen molar-refractivity contribution in [1.29, 1.82) is 0 Å². The predicted octanol–water partition coefficient (Wildman–Crippen LogP) is 2.13. The van der Waals surface area contributed by atoms with Gasteiger partial charge in [0.25, 0.3) is 0 Å². The third kappa shape index (κ3) is 7.89. The second-order valence-electron chi connectivity index (χ2n) is 11.7. The third-order valence-electron chi connectivity index (χ3n) is 7.83. The Morgan fingerprint density at radius 2 is 1.65 bits per heavy atom. The molecule has 1 saturated carbocycles. The summed E-state index contributed by atoms with van der Waals surface area (Å²) >= 11 is 0. The van der Waals surface area contributed by atoms with E-state index in [1.807, 2.05) is 38.1 Å². The molecule has 1 aromatic carbocycles. The van der Waals surface area contributed by atoms with Crippen LogP contribution in [0.25, 0.3) is 5.69 Å². The molecule has 0 spiro atoms. The molecule has 40 heavy (non-hydrogen) atoms. The summed E-state index contributed by atoms with van der Waals surface area (Å²) in [5, 5.41) is 2.71. The summed E-state index contributed by atoms with van der Waals surface area (Å²) < 4.78 is 1.46. The van der Waals surface area contributed by atoms with Crippen LogP contribution in [0.5, 0.6) is 0 Å². The molecule has 218 valence electrons. The fourth-order valence-electron chi connectivity index (χ4n) is 5.48. The van der Waals surface area contributed by atoms with Gasteiger partial charge >= 0.3 is 11.7 Å². The summed E-state index contributed by atoms with van der Waals surface area (Å²) in [5.74, 6) is 0.181. The van der Waals surface area contributed by atoms with Gasteiger partial charge in [-0.1, -0.05) is 19.1 Å². The first-order valence-corrected chi connectivity index (χ1v) is 14.3. The van der Waals surface area contributed by atoms with Crippen LogP contribution in [-0.4, -0.2) is 86.5 Å². The van der Waals surface area contributed by atoms with E-state index in [0.29, 0.717) is 44.0 Å². The highest BCUT2D eigenvalue weighted by Crippen LogP contribution is 2.24. The lowest BCUT2D eigenvalue weighted by molar-refractivity contribution is -0.133. The number of nitrogens with zero attached hydrogens (tertiary/aromatic N) is 5. The molecular weight excluding hydrogens is 508 g/mol. The van der Waals surface area contributed by atoms with Gasteiger partial charge in [0, 0.05) is 63.0 Å². The Hall–Kier alpha value is -3.28. The van der Waals surface area contributed by atoms with Gasteiger partial charge in [0.15, 0.2) is 0 Å². The van der Waals surface area contributed by atoms with Crippen LogP contribution in [0.1, 0.15) is 58.4 Å². The van der Waals surface area contributed by atoms with Gasteiger partial charge in [-0.15, -0.1) is 0 Å². The number of carbonyl (C=O) groups excluding carboxylic acids is 2. The Labute approximate surface area is 236 Å². The van der Waals surface area contributed by atoms with E-state index in [0.717, 1.165) is 38.8 Å². The van der Waals surface area contributed by atoms with Crippen LogP contribution in [0.2, 0.25) is 0 Å². The largest absolute Gasteiger partial charge is 0.354 e. The van der Waals surface area contributed by atoms with Gasteiger partial charge in [-0.3, -0.25) is 19.6 Å². The van der Waals surface area contributed by atoms with Gasteiger partial charge in [0.05, 0.1) is 5.69 Å². The number of urea groups is 1. The monoisotopic (exact) mass is 552 g/mol. The number of piperazine rings is 1. The number of carbonyl (C=O) groups is 2. The molecule has 4 rings (SSSR count). The highest BCUT2D eigenvalue weighted by molar-refractivity contribution is 5.88. The Bertz CT molecular complexity index is 1210. The smallest absolute Gasteiger partial charge is 0.339 e. The lowest BCUT2D eigenvalue weighted by Gasteiger charge is -2.35. The minimum atomic E-state index is -0.570. The standard InChI is InChI=1S/C29H44N8O3/c1-4-34(23-11-7-22(30)8-12-23)20-21-5-9-24(10-6-21)37-14-13-25(33-28(37)40)32-27(39)36-17-15-35(16-18-36)26(38)19-29(2,3)31/h5-6,9-10,13-14,22-23H,4,7-8,11-12,15-20,30-31H2,1-3H3,(H,32,33,39,40)/t22-,23-. The number of nitrogens with two attached hydrogens (primary N) is 2. The Kier molecular flexibility index (Phi) is 9.60. The quantitative estimate of drug-likeness (QED) is 0.455. The summed E-state index contributed by atoms with van der Waals surface area (Å²) in [6.07, 6.45) is 6.32. The summed E-state index contributed by atoms with van der Waals surface area (Å²) in [4.78, 5) is 47.9. The summed E-state index contributed by atoms with van der Waals surface area (Å²) in [5.41, 5.74) is 12.9. The number of anilines is 1. The maximum atomic E-state index is 12.8. The summed E-state index contributed by atoms with van der Waals surface area (Å²) in [6.45, 7) is 9.36. The third-order valence-corrected chi connectivity index (χ3v) is 7.83. The van der Waals surface area contributed by atoms with Gasteiger partial charge in [0.1, 0.15) is 5.82 Å². The van der Waals surface area contributed by atoms with E-state index >= 15 is 0 Å². The van der Waals surface area contributed by atoms with Crippen LogP contribution in [0.15, 0.2) is 41.3 Å². The van der Waals surface area contributed by atoms with Crippen LogP contribution < -0.4 is 22.5 Å².